The minimum Gasteiger partial charge on any atom is -1.00 e. The normalized spacial score (nSPS) is 19.8. The van der Waals surface area contributed by atoms with Gasteiger partial charge in [-0.3, -0.25) is 0 Å². The second-order valence-electron chi connectivity index (χ2n) is 5.20. The van der Waals surface area contributed by atoms with Gasteiger partial charge in [0.15, 0.2) is 0 Å². The quantitative estimate of drug-likeness (QED) is 0.475. The topological polar surface area (TPSA) is 12.0 Å². The Morgan fingerprint density at radius 3 is 1.89 bits per heavy atom. The van der Waals surface area contributed by atoms with E-state index in [4.69, 9.17) is 0 Å². The average molecular weight is 283 g/mol. The van der Waals surface area contributed by atoms with Crippen molar-refractivity contribution in [2.24, 2.45) is 0 Å². The molecule has 1 N–H and O–H groups in total. The molecule has 19 heavy (non-hydrogen) atoms. The molecule has 0 aromatic heterocycles. The zero-order valence-corrected chi connectivity index (χ0v) is 12.7. The number of nitrogens with one attached hydrogen (secondary N) is 1. The molecule has 1 aliphatic heterocycles. The Morgan fingerprint density at radius 1 is 0.947 bits per heavy atom. The number of hydrogen-bond acceptors (Lipinski definition) is 1. The van der Waals surface area contributed by atoms with E-state index in [9.17, 15) is 0 Å². The van der Waals surface area contributed by atoms with Crippen molar-refractivity contribution in [3.63, 3.8) is 0 Å². The second kappa shape index (κ2) is 8.36. The summed E-state index contributed by atoms with van der Waals surface area (Å²) < 4.78 is 1.02. The lowest BCUT2D eigenvalue weighted by atomic mass is 9.83. The predicted octanol–water partition coefficient (Wildman–Crippen LogP) is -0.327. The lowest BCUT2D eigenvalue weighted by Crippen LogP contribution is -3.00. The Bertz CT molecular complexity index is 271. The van der Waals surface area contributed by atoms with Gasteiger partial charge in [-0.2, -0.15) is 0 Å². The summed E-state index contributed by atoms with van der Waals surface area (Å²) in [6.45, 7) is 20.9. The van der Waals surface area contributed by atoms with Crippen LogP contribution in [0.25, 0.3) is 0 Å². The molecule has 1 aliphatic rings. The SMILES string of the molecule is C=CCC1(CC=C)CNCC[N+]1(CC=C)CC=C.[Cl-]. The monoisotopic (exact) mass is 282 g/mol. The molecule has 1 saturated heterocycles. The van der Waals surface area contributed by atoms with E-state index >= 15 is 0 Å². The highest BCUT2D eigenvalue weighted by atomic mass is 35.5. The highest BCUT2D eigenvalue weighted by Crippen LogP contribution is 2.34. The Kier molecular flexibility index (Phi) is 8.00. The van der Waals surface area contributed by atoms with Crippen LogP contribution in [0.2, 0.25) is 0 Å². The van der Waals surface area contributed by atoms with Gasteiger partial charge in [0.1, 0.15) is 5.54 Å². The minimum atomic E-state index is 0. The maximum Gasteiger partial charge on any atom is 0.119 e. The summed E-state index contributed by atoms with van der Waals surface area (Å²) >= 11 is 0. The lowest BCUT2D eigenvalue weighted by molar-refractivity contribution is -0.968. The standard InChI is InChI=1S/C16H27N2.ClH/c1-5-9-16(10-6-2)15-17-11-14-18(16,12-7-3)13-8-4;/h5-8,17H,1-4,9-15H2;1H/q+1;/p-1. The Balaban J connectivity index is 0.00000324. The Labute approximate surface area is 124 Å². The molecular weight excluding hydrogens is 256 g/mol. The van der Waals surface area contributed by atoms with E-state index in [-0.39, 0.29) is 17.9 Å². The van der Waals surface area contributed by atoms with Crippen molar-refractivity contribution in [1.82, 2.24) is 5.32 Å². The third-order valence-corrected chi connectivity index (χ3v) is 4.18. The summed E-state index contributed by atoms with van der Waals surface area (Å²) in [5.74, 6) is 0. The van der Waals surface area contributed by atoms with Gasteiger partial charge in [-0.1, -0.05) is 25.3 Å². The van der Waals surface area contributed by atoms with Crippen LogP contribution in [-0.2, 0) is 0 Å². The van der Waals surface area contributed by atoms with Gasteiger partial charge in [0.05, 0.1) is 26.2 Å². The smallest absolute Gasteiger partial charge is 0.119 e. The number of halogens is 1. The molecule has 108 valence electrons. The molecule has 0 spiro atoms. The first-order valence-corrected chi connectivity index (χ1v) is 6.71. The van der Waals surface area contributed by atoms with Crippen molar-refractivity contribution in [2.75, 3.05) is 32.7 Å². The summed E-state index contributed by atoms with van der Waals surface area (Å²) in [6.07, 6.45) is 10.1. The van der Waals surface area contributed by atoms with Crippen molar-refractivity contribution in [3.05, 3.63) is 50.6 Å². The molecule has 1 rings (SSSR count). The van der Waals surface area contributed by atoms with Crippen LogP contribution in [0.1, 0.15) is 12.8 Å². The van der Waals surface area contributed by atoms with Gasteiger partial charge in [-0.15, -0.1) is 13.2 Å². The molecule has 0 bridgehead atoms. The van der Waals surface area contributed by atoms with E-state index in [1.165, 1.54) is 0 Å². The van der Waals surface area contributed by atoms with E-state index in [1.54, 1.807) is 0 Å². The highest BCUT2D eigenvalue weighted by molar-refractivity contribution is 4.99. The molecule has 0 amide bonds. The molecule has 0 aliphatic carbocycles. The molecule has 2 nitrogen and oxygen atoms in total. The van der Waals surface area contributed by atoms with Gasteiger partial charge in [0, 0.05) is 19.4 Å². The van der Waals surface area contributed by atoms with Crippen molar-refractivity contribution >= 4 is 0 Å². The number of nitrogens with zero attached hydrogens (tertiary/aromatic N) is 1. The molecule has 1 fully saturated rings. The van der Waals surface area contributed by atoms with Crippen molar-refractivity contribution in [3.8, 4) is 0 Å². The fourth-order valence-electron chi connectivity index (χ4n) is 3.31. The summed E-state index contributed by atoms with van der Waals surface area (Å²) in [5.41, 5.74) is 0.143. The van der Waals surface area contributed by atoms with E-state index in [1.807, 2.05) is 24.3 Å². The average Bonchev–Trinajstić information content (AvgIpc) is 2.34. The summed E-state index contributed by atoms with van der Waals surface area (Å²) in [6, 6.07) is 0. The third-order valence-electron chi connectivity index (χ3n) is 4.18. The maximum atomic E-state index is 3.95. The highest BCUT2D eigenvalue weighted by Gasteiger charge is 2.49. The zero-order chi connectivity index (χ0) is 13.5. The molecule has 0 atom stereocenters. The second-order valence-corrected chi connectivity index (χ2v) is 5.20. The first-order valence-electron chi connectivity index (χ1n) is 6.71. The van der Waals surface area contributed by atoms with Gasteiger partial charge < -0.3 is 22.2 Å². The number of quaternary nitrogens is 1. The van der Waals surface area contributed by atoms with Crippen LogP contribution < -0.4 is 17.7 Å². The molecule has 0 unspecified atom stereocenters. The fourth-order valence-corrected chi connectivity index (χ4v) is 3.31. The molecule has 1 heterocycles. The van der Waals surface area contributed by atoms with Crippen LogP contribution in [0.3, 0.4) is 0 Å². The molecule has 0 aromatic carbocycles. The van der Waals surface area contributed by atoms with Crippen molar-refractivity contribution < 1.29 is 16.9 Å². The van der Waals surface area contributed by atoms with E-state index in [2.05, 4.69) is 31.6 Å². The molecule has 0 radical (unpaired) electrons. The Morgan fingerprint density at radius 2 is 1.47 bits per heavy atom. The first-order chi connectivity index (χ1) is 8.70. The maximum absolute atomic E-state index is 3.95. The van der Waals surface area contributed by atoms with Crippen LogP contribution in [-0.4, -0.2) is 42.7 Å². The Hall–Kier alpha value is -0.830. The number of piperazine rings is 1. The number of hydrogen-bond donors (Lipinski definition) is 1. The fraction of sp³-hybridized carbons (Fsp3) is 0.500. The van der Waals surface area contributed by atoms with Gasteiger partial charge in [-0.25, -0.2) is 0 Å². The van der Waals surface area contributed by atoms with Crippen molar-refractivity contribution in [1.29, 1.82) is 0 Å². The van der Waals surface area contributed by atoms with E-state index in [0.717, 1.165) is 50.0 Å². The minimum absolute atomic E-state index is 0. The largest absolute Gasteiger partial charge is 1.00 e. The van der Waals surface area contributed by atoms with Crippen LogP contribution >= 0.6 is 0 Å². The van der Waals surface area contributed by atoms with Crippen LogP contribution in [0.4, 0.5) is 0 Å². The molecule has 0 saturated carbocycles. The van der Waals surface area contributed by atoms with Gasteiger partial charge in [-0.05, 0) is 12.2 Å². The number of rotatable bonds is 8. The zero-order valence-electron chi connectivity index (χ0n) is 11.9. The van der Waals surface area contributed by atoms with E-state index in [0.29, 0.717) is 0 Å². The van der Waals surface area contributed by atoms with Crippen LogP contribution in [0.5, 0.6) is 0 Å². The third kappa shape index (κ3) is 3.59. The summed E-state index contributed by atoms with van der Waals surface area (Å²) in [7, 11) is 0. The van der Waals surface area contributed by atoms with Crippen LogP contribution in [0, 0.1) is 0 Å². The molecular formula is C16H27ClN2. The molecule has 0 aromatic rings. The van der Waals surface area contributed by atoms with Gasteiger partial charge >= 0.3 is 0 Å². The van der Waals surface area contributed by atoms with Crippen LogP contribution in [0.15, 0.2) is 50.6 Å². The summed E-state index contributed by atoms with van der Waals surface area (Å²) in [5, 5.41) is 3.54. The molecule has 3 heteroatoms. The predicted molar refractivity (Wildman–Crippen MR) is 80.5 cm³/mol. The first kappa shape index (κ1) is 18.2. The van der Waals surface area contributed by atoms with Crippen molar-refractivity contribution in [2.45, 2.75) is 18.4 Å². The van der Waals surface area contributed by atoms with Gasteiger partial charge in [0.25, 0.3) is 0 Å². The van der Waals surface area contributed by atoms with E-state index < -0.39 is 0 Å². The van der Waals surface area contributed by atoms with Gasteiger partial charge in [0.2, 0.25) is 0 Å². The summed E-state index contributed by atoms with van der Waals surface area (Å²) in [4.78, 5) is 0. The lowest BCUT2D eigenvalue weighted by Gasteiger charge is -2.55.